The number of fused-ring (bicyclic) bond motifs is 1. The van der Waals surface area contributed by atoms with E-state index in [9.17, 15) is 4.79 Å². The second-order valence-corrected chi connectivity index (χ2v) is 7.55. The van der Waals surface area contributed by atoms with Crippen molar-refractivity contribution >= 4 is 46.0 Å². The van der Waals surface area contributed by atoms with E-state index < -0.39 is 0 Å². The molecule has 0 aliphatic rings. The van der Waals surface area contributed by atoms with E-state index in [1.54, 1.807) is 35.1 Å². The Bertz CT molecular complexity index is 1130. The van der Waals surface area contributed by atoms with Crippen LogP contribution >= 0.6 is 23.4 Å². The summed E-state index contributed by atoms with van der Waals surface area (Å²) in [6, 6.07) is 15.0. The van der Waals surface area contributed by atoms with Gasteiger partial charge in [0.25, 0.3) is 0 Å². The zero-order valence-electron chi connectivity index (χ0n) is 15.0. The van der Waals surface area contributed by atoms with Crippen LogP contribution in [0.4, 0.5) is 5.69 Å². The van der Waals surface area contributed by atoms with Crippen LogP contribution < -0.4 is 5.32 Å². The highest BCUT2D eigenvalue weighted by atomic mass is 35.5. The molecule has 2 aromatic carbocycles. The van der Waals surface area contributed by atoms with Crippen molar-refractivity contribution in [3.63, 3.8) is 0 Å². The van der Waals surface area contributed by atoms with Crippen LogP contribution in [0.1, 0.15) is 5.56 Å². The van der Waals surface area contributed by atoms with Crippen molar-refractivity contribution in [2.24, 2.45) is 0 Å². The highest BCUT2D eigenvalue weighted by molar-refractivity contribution is 8.00. The molecule has 0 unspecified atom stereocenters. The third-order valence-corrected chi connectivity index (χ3v) is 5.33. The van der Waals surface area contributed by atoms with Crippen LogP contribution in [0.15, 0.2) is 66.1 Å². The molecule has 8 heteroatoms. The molecule has 0 aliphatic carbocycles. The molecule has 140 valence electrons. The molecule has 0 spiro atoms. The number of aryl methyl sites for hydroxylation is 1. The minimum Gasteiger partial charge on any atom is -0.325 e. The summed E-state index contributed by atoms with van der Waals surface area (Å²) in [6.45, 7) is 2.04. The summed E-state index contributed by atoms with van der Waals surface area (Å²) < 4.78 is 1.77. The Labute approximate surface area is 171 Å². The zero-order chi connectivity index (χ0) is 19.5. The Morgan fingerprint density at radius 1 is 1.11 bits per heavy atom. The van der Waals surface area contributed by atoms with E-state index in [0.29, 0.717) is 16.4 Å². The van der Waals surface area contributed by atoms with Gasteiger partial charge < -0.3 is 5.32 Å². The van der Waals surface area contributed by atoms with Crippen LogP contribution in [0.3, 0.4) is 0 Å². The molecule has 4 aromatic rings. The quantitative estimate of drug-likeness (QED) is 0.388. The lowest BCUT2D eigenvalue weighted by atomic mass is 10.2. The van der Waals surface area contributed by atoms with E-state index in [2.05, 4.69) is 20.4 Å². The SMILES string of the molecule is Cc1ccc(-n2ncc3c(SCC(=O)Nc4ccc(Cl)cc4)ncnc32)cc1. The molecule has 1 amide bonds. The van der Waals surface area contributed by atoms with Crippen molar-refractivity contribution in [1.29, 1.82) is 0 Å². The van der Waals surface area contributed by atoms with Crippen LogP contribution in [-0.2, 0) is 4.79 Å². The minimum atomic E-state index is -0.120. The first-order valence-corrected chi connectivity index (χ1v) is 9.90. The number of thioether (sulfide) groups is 1. The van der Waals surface area contributed by atoms with Crippen molar-refractivity contribution in [3.8, 4) is 5.69 Å². The maximum Gasteiger partial charge on any atom is 0.234 e. The number of hydrogen-bond acceptors (Lipinski definition) is 5. The molecule has 6 nitrogen and oxygen atoms in total. The summed E-state index contributed by atoms with van der Waals surface area (Å²) in [4.78, 5) is 20.9. The van der Waals surface area contributed by atoms with Gasteiger partial charge in [-0.1, -0.05) is 41.1 Å². The maximum absolute atomic E-state index is 12.2. The summed E-state index contributed by atoms with van der Waals surface area (Å²) in [5.74, 6) is 0.106. The average Bonchev–Trinajstić information content (AvgIpc) is 3.13. The summed E-state index contributed by atoms with van der Waals surface area (Å²) >= 11 is 7.21. The van der Waals surface area contributed by atoms with Crippen molar-refractivity contribution in [1.82, 2.24) is 19.7 Å². The molecular weight excluding hydrogens is 394 g/mol. The molecule has 0 aliphatic heterocycles. The van der Waals surface area contributed by atoms with Gasteiger partial charge in [0.15, 0.2) is 5.65 Å². The number of nitrogens with zero attached hydrogens (tertiary/aromatic N) is 4. The van der Waals surface area contributed by atoms with Crippen molar-refractivity contribution in [2.75, 3.05) is 11.1 Å². The van der Waals surface area contributed by atoms with Gasteiger partial charge in [-0.15, -0.1) is 0 Å². The fourth-order valence-corrected chi connectivity index (χ4v) is 3.56. The Hall–Kier alpha value is -2.90. The van der Waals surface area contributed by atoms with Crippen molar-refractivity contribution < 1.29 is 4.79 Å². The fraction of sp³-hybridized carbons (Fsp3) is 0.100. The van der Waals surface area contributed by atoms with Gasteiger partial charge in [-0.2, -0.15) is 5.10 Å². The second-order valence-electron chi connectivity index (χ2n) is 6.15. The molecule has 0 fully saturated rings. The van der Waals surface area contributed by atoms with E-state index in [1.165, 1.54) is 23.7 Å². The van der Waals surface area contributed by atoms with E-state index in [0.717, 1.165) is 16.1 Å². The van der Waals surface area contributed by atoms with Gasteiger partial charge in [0, 0.05) is 10.7 Å². The highest BCUT2D eigenvalue weighted by Gasteiger charge is 2.13. The Morgan fingerprint density at radius 2 is 1.86 bits per heavy atom. The topological polar surface area (TPSA) is 72.7 Å². The highest BCUT2D eigenvalue weighted by Crippen LogP contribution is 2.26. The van der Waals surface area contributed by atoms with Crippen LogP contribution in [-0.4, -0.2) is 31.4 Å². The molecule has 0 saturated carbocycles. The van der Waals surface area contributed by atoms with Gasteiger partial charge in [-0.3, -0.25) is 4.79 Å². The standard InChI is InChI=1S/C20H16ClN5OS/c1-13-2-8-16(9-3-13)26-19-17(10-24-26)20(23-12-22-19)28-11-18(27)25-15-6-4-14(21)5-7-15/h2-10,12H,11H2,1H3,(H,25,27). The monoisotopic (exact) mass is 409 g/mol. The van der Waals surface area contributed by atoms with Crippen LogP contribution in [0.2, 0.25) is 5.02 Å². The Morgan fingerprint density at radius 3 is 2.61 bits per heavy atom. The number of halogens is 1. The molecule has 4 rings (SSSR count). The number of amides is 1. The van der Waals surface area contributed by atoms with Gasteiger partial charge in [0.05, 0.1) is 23.0 Å². The van der Waals surface area contributed by atoms with Gasteiger partial charge >= 0.3 is 0 Å². The molecular formula is C20H16ClN5OS. The molecule has 0 bridgehead atoms. The third kappa shape index (κ3) is 4.00. The lowest BCUT2D eigenvalue weighted by molar-refractivity contribution is -0.113. The number of rotatable bonds is 5. The molecule has 28 heavy (non-hydrogen) atoms. The first-order valence-electron chi connectivity index (χ1n) is 8.54. The van der Waals surface area contributed by atoms with E-state index >= 15 is 0 Å². The first kappa shape index (κ1) is 18.5. The summed E-state index contributed by atoms with van der Waals surface area (Å²) in [6.07, 6.45) is 3.22. The predicted octanol–water partition coefficient (Wildman–Crippen LogP) is 4.51. The van der Waals surface area contributed by atoms with Gasteiger partial charge in [-0.05, 0) is 43.3 Å². The lowest BCUT2D eigenvalue weighted by Gasteiger charge is -2.06. The largest absolute Gasteiger partial charge is 0.325 e. The second kappa shape index (κ2) is 8.00. The predicted molar refractivity (Wildman–Crippen MR) is 112 cm³/mol. The van der Waals surface area contributed by atoms with Crippen molar-refractivity contribution in [2.45, 2.75) is 11.9 Å². The Balaban J connectivity index is 1.50. The summed E-state index contributed by atoms with van der Waals surface area (Å²) in [5, 5.41) is 9.44. The van der Waals surface area contributed by atoms with Gasteiger partial charge in [-0.25, -0.2) is 14.6 Å². The smallest absolute Gasteiger partial charge is 0.234 e. The van der Waals surface area contributed by atoms with E-state index in [1.807, 2.05) is 31.2 Å². The molecule has 0 saturated heterocycles. The lowest BCUT2D eigenvalue weighted by Crippen LogP contribution is -2.14. The normalized spacial score (nSPS) is 10.9. The van der Waals surface area contributed by atoms with Crippen molar-refractivity contribution in [3.05, 3.63) is 71.6 Å². The van der Waals surface area contributed by atoms with Gasteiger partial charge in [0.1, 0.15) is 11.4 Å². The number of aromatic nitrogens is 4. The number of nitrogens with one attached hydrogen (secondary N) is 1. The fourth-order valence-electron chi connectivity index (χ4n) is 2.68. The molecule has 2 heterocycles. The first-order chi connectivity index (χ1) is 13.6. The number of benzene rings is 2. The molecule has 0 radical (unpaired) electrons. The number of carbonyl (C=O) groups is 1. The molecule has 2 aromatic heterocycles. The van der Waals surface area contributed by atoms with Gasteiger partial charge in [0.2, 0.25) is 5.91 Å². The third-order valence-electron chi connectivity index (χ3n) is 4.08. The molecule has 1 N–H and O–H groups in total. The maximum atomic E-state index is 12.2. The van der Waals surface area contributed by atoms with Crippen LogP contribution in [0, 0.1) is 6.92 Å². The summed E-state index contributed by atoms with van der Waals surface area (Å²) in [5.41, 5.74) is 3.52. The van der Waals surface area contributed by atoms with E-state index in [-0.39, 0.29) is 11.7 Å². The van der Waals surface area contributed by atoms with Crippen LogP contribution in [0.25, 0.3) is 16.7 Å². The van der Waals surface area contributed by atoms with E-state index in [4.69, 9.17) is 11.6 Å². The van der Waals surface area contributed by atoms with Crippen LogP contribution in [0.5, 0.6) is 0 Å². The minimum absolute atomic E-state index is 0.120. The number of anilines is 1. The number of hydrogen-bond donors (Lipinski definition) is 1. The zero-order valence-corrected chi connectivity index (χ0v) is 16.5. The summed E-state index contributed by atoms with van der Waals surface area (Å²) in [7, 11) is 0. The number of carbonyl (C=O) groups excluding carboxylic acids is 1. The Kier molecular flexibility index (Phi) is 5.27. The average molecular weight is 410 g/mol. The molecule has 0 atom stereocenters.